The number of hydrogen-bond acceptors (Lipinski definition) is 2. The van der Waals surface area contributed by atoms with Gasteiger partial charge in [0.15, 0.2) is 0 Å². The Labute approximate surface area is 116 Å². The van der Waals surface area contributed by atoms with Gasteiger partial charge in [-0.3, -0.25) is 0 Å². The Kier molecular flexibility index (Phi) is 4.85. The second-order valence-corrected chi connectivity index (χ2v) is 7.26. The Morgan fingerprint density at radius 3 is 2.56 bits per heavy atom. The number of thiophene rings is 1. The van der Waals surface area contributed by atoms with Gasteiger partial charge >= 0.3 is 0 Å². The van der Waals surface area contributed by atoms with Crippen LogP contribution < -0.4 is 5.32 Å². The third kappa shape index (κ3) is 3.58. The minimum Gasteiger partial charge on any atom is -0.316 e. The Balaban J connectivity index is 1.96. The van der Waals surface area contributed by atoms with Crippen molar-refractivity contribution in [2.24, 2.45) is 11.3 Å². The van der Waals surface area contributed by atoms with Crippen molar-refractivity contribution < 1.29 is 0 Å². The maximum absolute atomic E-state index is 3.64. The second-order valence-electron chi connectivity index (χ2n) is 6.00. The van der Waals surface area contributed by atoms with Gasteiger partial charge in [0.1, 0.15) is 0 Å². The second kappa shape index (κ2) is 6.21. The fourth-order valence-corrected chi connectivity index (χ4v) is 3.94. The highest BCUT2D eigenvalue weighted by Gasteiger charge is 2.41. The molecule has 0 radical (unpaired) electrons. The lowest BCUT2D eigenvalue weighted by Crippen LogP contribution is -2.35. The molecule has 1 heterocycles. The maximum Gasteiger partial charge on any atom is 0.00541 e. The molecule has 2 heteroatoms. The van der Waals surface area contributed by atoms with Crippen molar-refractivity contribution in [3.8, 4) is 0 Å². The molecule has 1 aliphatic carbocycles. The maximum atomic E-state index is 3.64. The molecular weight excluding hydrogens is 238 g/mol. The van der Waals surface area contributed by atoms with Crippen LogP contribution >= 0.6 is 11.3 Å². The molecule has 1 N–H and O–H groups in total. The molecule has 1 nitrogen and oxygen atoms in total. The topological polar surface area (TPSA) is 12.0 Å². The van der Waals surface area contributed by atoms with Crippen molar-refractivity contribution >= 4 is 11.3 Å². The van der Waals surface area contributed by atoms with E-state index in [1.54, 1.807) is 4.88 Å². The van der Waals surface area contributed by atoms with E-state index in [0.29, 0.717) is 5.41 Å². The van der Waals surface area contributed by atoms with E-state index < -0.39 is 0 Å². The quantitative estimate of drug-likeness (QED) is 0.692. The zero-order valence-corrected chi connectivity index (χ0v) is 12.9. The van der Waals surface area contributed by atoms with Crippen LogP contribution in [-0.4, -0.2) is 13.1 Å². The van der Waals surface area contributed by atoms with E-state index in [4.69, 9.17) is 0 Å². The van der Waals surface area contributed by atoms with E-state index in [2.05, 4.69) is 38.2 Å². The molecule has 102 valence electrons. The largest absolute Gasteiger partial charge is 0.316 e. The molecule has 0 aliphatic heterocycles. The third-order valence-electron chi connectivity index (χ3n) is 4.16. The molecule has 18 heavy (non-hydrogen) atoms. The SMILES string of the molecule is CCCNCC(C)(Cc1ccc(CC)s1)C1CC1. The molecule has 1 aliphatic rings. The van der Waals surface area contributed by atoms with Crippen LogP contribution in [-0.2, 0) is 12.8 Å². The van der Waals surface area contributed by atoms with E-state index in [0.717, 1.165) is 12.5 Å². The molecule has 1 aromatic heterocycles. The zero-order valence-electron chi connectivity index (χ0n) is 12.1. The first-order valence-corrected chi connectivity index (χ1v) is 8.28. The van der Waals surface area contributed by atoms with Crippen molar-refractivity contribution in [3.05, 3.63) is 21.9 Å². The van der Waals surface area contributed by atoms with Gasteiger partial charge in [-0.05, 0) is 62.1 Å². The minimum absolute atomic E-state index is 0.477. The van der Waals surface area contributed by atoms with Gasteiger partial charge < -0.3 is 5.32 Å². The van der Waals surface area contributed by atoms with Crippen LogP contribution in [0, 0.1) is 11.3 Å². The number of nitrogens with one attached hydrogen (secondary N) is 1. The van der Waals surface area contributed by atoms with Gasteiger partial charge in [-0.2, -0.15) is 0 Å². The van der Waals surface area contributed by atoms with Gasteiger partial charge in [-0.1, -0.05) is 20.8 Å². The molecule has 0 spiro atoms. The minimum atomic E-state index is 0.477. The summed E-state index contributed by atoms with van der Waals surface area (Å²) in [4.78, 5) is 3.12. The summed E-state index contributed by atoms with van der Waals surface area (Å²) >= 11 is 2.02. The summed E-state index contributed by atoms with van der Waals surface area (Å²) in [6.45, 7) is 9.32. The highest BCUT2D eigenvalue weighted by molar-refractivity contribution is 7.11. The number of hydrogen-bond donors (Lipinski definition) is 1. The molecular formula is C16H27NS. The van der Waals surface area contributed by atoms with Gasteiger partial charge in [0.05, 0.1) is 0 Å². The third-order valence-corrected chi connectivity index (χ3v) is 5.39. The first-order chi connectivity index (χ1) is 8.68. The van der Waals surface area contributed by atoms with Crippen LogP contribution in [0.5, 0.6) is 0 Å². The smallest absolute Gasteiger partial charge is 0.00541 e. The molecule has 1 unspecified atom stereocenters. The lowest BCUT2D eigenvalue weighted by atomic mass is 9.81. The van der Waals surface area contributed by atoms with Crippen LogP contribution in [0.3, 0.4) is 0 Å². The van der Waals surface area contributed by atoms with E-state index in [9.17, 15) is 0 Å². The van der Waals surface area contributed by atoms with E-state index >= 15 is 0 Å². The Morgan fingerprint density at radius 2 is 2.00 bits per heavy atom. The summed E-state index contributed by atoms with van der Waals surface area (Å²) in [5.41, 5.74) is 0.477. The Bertz CT molecular complexity index is 367. The first-order valence-electron chi connectivity index (χ1n) is 7.46. The van der Waals surface area contributed by atoms with Gasteiger partial charge in [0.25, 0.3) is 0 Å². The molecule has 0 saturated heterocycles. The fraction of sp³-hybridized carbons (Fsp3) is 0.750. The van der Waals surface area contributed by atoms with Crippen LogP contribution in [0.25, 0.3) is 0 Å². The summed E-state index contributed by atoms with van der Waals surface area (Å²) in [6.07, 6.45) is 6.56. The summed E-state index contributed by atoms with van der Waals surface area (Å²) < 4.78 is 0. The Hall–Kier alpha value is -0.340. The molecule has 2 rings (SSSR count). The molecule has 1 atom stereocenters. The van der Waals surface area contributed by atoms with Gasteiger partial charge in [0, 0.05) is 16.3 Å². The van der Waals surface area contributed by atoms with Crippen molar-refractivity contribution in [2.75, 3.05) is 13.1 Å². The first kappa shape index (κ1) is 14.1. The average molecular weight is 265 g/mol. The lowest BCUT2D eigenvalue weighted by molar-refractivity contribution is 0.258. The molecule has 1 aromatic rings. The standard InChI is InChI=1S/C16H27NS/c1-4-10-17-12-16(3,13-6-7-13)11-15-9-8-14(5-2)18-15/h8-9,13,17H,4-7,10-12H2,1-3H3. The van der Waals surface area contributed by atoms with Gasteiger partial charge in [-0.25, -0.2) is 0 Å². The lowest BCUT2D eigenvalue weighted by Gasteiger charge is -2.30. The van der Waals surface area contributed by atoms with Crippen LogP contribution in [0.15, 0.2) is 12.1 Å². The average Bonchev–Trinajstić information content (AvgIpc) is 3.12. The summed E-state index contributed by atoms with van der Waals surface area (Å²) in [7, 11) is 0. The van der Waals surface area contributed by atoms with E-state index in [-0.39, 0.29) is 0 Å². The molecule has 0 amide bonds. The van der Waals surface area contributed by atoms with Gasteiger partial charge in [0.2, 0.25) is 0 Å². The van der Waals surface area contributed by atoms with Crippen LogP contribution in [0.1, 0.15) is 49.8 Å². The van der Waals surface area contributed by atoms with Crippen LogP contribution in [0.2, 0.25) is 0 Å². The van der Waals surface area contributed by atoms with Crippen molar-refractivity contribution in [3.63, 3.8) is 0 Å². The van der Waals surface area contributed by atoms with E-state index in [1.807, 2.05) is 11.3 Å². The van der Waals surface area contributed by atoms with Crippen LogP contribution in [0.4, 0.5) is 0 Å². The monoisotopic (exact) mass is 265 g/mol. The Morgan fingerprint density at radius 1 is 1.28 bits per heavy atom. The predicted octanol–water partition coefficient (Wildman–Crippen LogP) is 4.27. The molecule has 1 saturated carbocycles. The molecule has 0 aromatic carbocycles. The predicted molar refractivity (Wildman–Crippen MR) is 81.4 cm³/mol. The normalized spacial score (nSPS) is 18.8. The molecule has 1 fully saturated rings. The van der Waals surface area contributed by atoms with Crippen molar-refractivity contribution in [1.82, 2.24) is 5.32 Å². The van der Waals surface area contributed by atoms with Crippen molar-refractivity contribution in [2.45, 2.75) is 52.9 Å². The molecule has 0 bridgehead atoms. The van der Waals surface area contributed by atoms with Gasteiger partial charge in [-0.15, -0.1) is 11.3 Å². The fourth-order valence-electron chi connectivity index (χ4n) is 2.79. The highest BCUT2D eigenvalue weighted by atomic mass is 32.1. The summed E-state index contributed by atoms with van der Waals surface area (Å²) in [5.74, 6) is 0.953. The summed E-state index contributed by atoms with van der Waals surface area (Å²) in [5, 5.41) is 3.64. The van der Waals surface area contributed by atoms with E-state index in [1.165, 1.54) is 43.5 Å². The summed E-state index contributed by atoms with van der Waals surface area (Å²) in [6, 6.07) is 4.66. The number of rotatable bonds is 8. The number of aryl methyl sites for hydroxylation is 1. The highest BCUT2D eigenvalue weighted by Crippen LogP contribution is 2.47. The van der Waals surface area contributed by atoms with Crippen molar-refractivity contribution in [1.29, 1.82) is 0 Å². The zero-order chi connectivity index (χ0) is 13.0.